The van der Waals surface area contributed by atoms with Crippen LogP contribution in [0.4, 0.5) is 4.79 Å². The molecule has 1 aliphatic heterocycles. The van der Waals surface area contributed by atoms with Crippen molar-refractivity contribution in [1.29, 1.82) is 0 Å². The fourth-order valence-electron chi connectivity index (χ4n) is 2.21. The van der Waals surface area contributed by atoms with Crippen molar-refractivity contribution < 1.29 is 9.59 Å². The zero-order valence-electron chi connectivity index (χ0n) is 7.02. The molecule has 2 N–H and O–H groups in total. The summed E-state index contributed by atoms with van der Waals surface area (Å²) in [5.41, 5.74) is -0.572. The van der Waals surface area contributed by atoms with Gasteiger partial charge in [0.2, 0.25) is 0 Å². The minimum atomic E-state index is -0.572. The molecule has 0 aromatic heterocycles. The first-order valence-corrected chi connectivity index (χ1v) is 4.29. The molecule has 2 atom stereocenters. The number of carbonyl (C=O) groups is 2. The number of imide groups is 1. The molecule has 12 heavy (non-hydrogen) atoms. The van der Waals surface area contributed by atoms with E-state index < -0.39 is 5.54 Å². The highest BCUT2D eigenvalue weighted by molar-refractivity contribution is 6.07. The lowest BCUT2D eigenvalue weighted by Crippen LogP contribution is -2.48. The Hall–Kier alpha value is -1.06. The Kier molecular flexibility index (Phi) is 1.40. The number of carbonyl (C=O) groups excluding carboxylic acids is 2. The van der Waals surface area contributed by atoms with Crippen molar-refractivity contribution in [2.24, 2.45) is 5.92 Å². The zero-order valence-corrected chi connectivity index (χ0v) is 7.02. The van der Waals surface area contributed by atoms with Gasteiger partial charge < -0.3 is 5.32 Å². The third-order valence-electron chi connectivity index (χ3n) is 3.02. The zero-order chi connectivity index (χ0) is 8.77. The standard InChI is InChI=1S/C8H12N2O2/c1-5-3-2-4-8(5)6(11)9-7(12)10-8/h5H,2-4H2,1H3,(H2,9,10,11,12)/t5-,8+/m0/s1. The van der Waals surface area contributed by atoms with Gasteiger partial charge in [-0.3, -0.25) is 10.1 Å². The molecule has 0 unspecified atom stereocenters. The van der Waals surface area contributed by atoms with Gasteiger partial charge in [0.1, 0.15) is 5.54 Å². The molecule has 1 spiro atoms. The molecule has 66 valence electrons. The molecule has 2 aliphatic rings. The first kappa shape index (κ1) is 7.58. The van der Waals surface area contributed by atoms with Crippen LogP contribution in [0.1, 0.15) is 26.2 Å². The summed E-state index contributed by atoms with van der Waals surface area (Å²) >= 11 is 0. The van der Waals surface area contributed by atoms with Gasteiger partial charge in [-0.2, -0.15) is 0 Å². The average molecular weight is 168 g/mol. The van der Waals surface area contributed by atoms with Crippen LogP contribution >= 0.6 is 0 Å². The SMILES string of the molecule is C[C@H]1CCC[C@@]12NC(=O)NC2=O. The maximum Gasteiger partial charge on any atom is 0.322 e. The smallest absolute Gasteiger partial charge is 0.322 e. The van der Waals surface area contributed by atoms with Crippen LogP contribution in [-0.2, 0) is 4.79 Å². The number of rotatable bonds is 0. The van der Waals surface area contributed by atoms with Gasteiger partial charge in [-0.05, 0) is 18.8 Å². The summed E-state index contributed by atoms with van der Waals surface area (Å²) in [6, 6.07) is -0.339. The summed E-state index contributed by atoms with van der Waals surface area (Å²) in [6.45, 7) is 2.01. The summed E-state index contributed by atoms with van der Waals surface area (Å²) in [6.07, 6.45) is 2.83. The van der Waals surface area contributed by atoms with E-state index in [1.807, 2.05) is 6.92 Å². The lowest BCUT2D eigenvalue weighted by atomic mass is 9.89. The molecule has 4 nitrogen and oxygen atoms in total. The summed E-state index contributed by atoms with van der Waals surface area (Å²) in [5, 5.41) is 5.02. The molecular formula is C8H12N2O2. The first-order valence-electron chi connectivity index (χ1n) is 4.29. The monoisotopic (exact) mass is 168 g/mol. The maximum absolute atomic E-state index is 11.4. The third kappa shape index (κ3) is 0.777. The molecule has 0 bridgehead atoms. The van der Waals surface area contributed by atoms with E-state index in [9.17, 15) is 9.59 Å². The van der Waals surface area contributed by atoms with Crippen LogP contribution in [0.15, 0.2) is 0 Å². The topological polar surface area (TPSA) is 58.2 Å². The number of urea groups is 1. The second-order valence-corrected chi connectivity index (χ2v) is 3.67. The third-order valence-corrected chi connectivity index (χ3v) is 3.02. The summed E-state index contributed by atoms with van der Waals surface area (Å²) in [4.78, 5) is 22.3. The fourth-order valence-corrected chi connectivity index (χ4v) is 2.21. The Balaban J connectivity index is 2.31. The van der Waals surface area contributed by atoms with Crippen LogP contribution in [0, 0.1) is 5.92 Å². The number of hydrogen-bond acceptors (Lipinski definition) is 2. The second kappa shape index (κ2) is 2.21. The van der Waals surface area contributed by atoms with E-state index >= 15 is 0 Å². The van der Waals surface area contributed by atoms with Gasteiger partial charge in [-0.15, -0.1) is 0 Å². The number of hydrogen-bond donors (Lipinski definition) is 2. The Labute approximate surface area is 70.7 Å². The highest BCUT2D eigenvalue weighted by Gasteiger charge is 2.52. The van der Waals surface area contributed by atoms with Crippen LogP contribution in [0.25, 0.3) is 0 Å². The van der Waals surface area contributed by atoms with Gasteiger partial charge in [0.15, 0.2) is 0 Å². The van der Waals surface area contributed by atoms with Crippen molar-refractivity contribution >= 4 is 11.9 Å². The van der Waals surface area contributed by atoms with Crippen molar-refractivity contribution in [3.05, 3.63) is 0 Å². The van der Waals surface area contributed by atoms with Crippen LogP contribution in [0.2, 0.25) is 0 Å². The largest absolute Gasteiger partial charge is 0.323 e. The van der Waals surface area contributed by atoms with E-state index in [0.29, 0.717) is 0 Å². The Morgan fingerprint density at radius 2 is 2.25 bits per heavy atom. The summed E-state index contributed by atoms with van der Waals surface area (Å²) in [7, 11) is 0. The van der Waals surface area contributed by atoms with E-state index in [4.69, 9.17) is 0 Å². The van der Waals surface area contributed by atoms with Crippen LogP contribution in [-0.4, -0.2) is 17.5 Å². The fraction of sp³-hybridized carbons (Fsp3) is 0.750. The van der Waals surface area contributed by atoms with Crippen molar-refractivity contribution in [3.8, 4) is 0 Å². The minimum Gasteiger partial charge on any atom is -0.323 e. The Morgan fingerprint density at radius 3 is 2.67 bits per heavy atom. The van der Waals surface area contributed by atoms with Gasteiger partial charge in [0.25, 0.3) is 5.91 Å². The predicted octanol–water partition coefficient (Wildman–Crippen LogP) is 0.385. The number of nitrogens with one attached hydrogen (secondary N) is 2. The quantitative estimate of drug-likeness (QED) is 0.514. The first-order chi connectivity index (χ1) is 5.65. The minimum absolute atomic E-state index is 0.141. The predicted molar refractivity (Wildman–Crippen MR) is 42.4 cm³/mol. The second-order valence-electron chi connectivity index (χ2n) is 3.67. The molecule has 1 aliphatic carbocycles. The molecule has 3 amide bonds. The number of amides is 3. The molecule has 4 heteroatoms. The van der Waals surface area contributed by atoms with Crippen LogP contribution < -0.4 is 10.6 Å². The normalized spacial score (nSPS) is 40.2. The summed E-state index contributed by atoms with van der Waals surface area (Å²) < 4.78 is 0. The van der Waals surface area contributed by atoms with Crippen molar-refractivity contribution in [2.75, 3.05) is 0 Å². The van der Waals surface area contributed by atoms with E-state index in [1.54, 1.807) is 0 Å². The highest BCUT2D eigenvalue weighted by atomic mass is 16.2. The molecule has 1 heterocycles. The molecule has 0 aromatic rings. The molecule has 1 saturated heterocycles. The van der Waals surface area contributed by atoms with E-state index in [1.165, 1.54) is 0 Å². The summed E-state index contributed by atoms with van der Waals surface area (Å²) in [5.74, 6) is 0.126. The van der Waals surface area contributed by atoms with Crippen LogP contribution in [0.5, 0.6) is 0 Å². The van der Waals surface area contributed by atoms with E-state index in [2.05, 4.69) is 10.6 Å². The molecule has 0 aromatic carbocycles. The van der Waals surface area contributed by atoms with Gasteiger partial charge in [-0.25, -0.2) is 4.79 Å². The maximum atomic E-state index is 11.4. The highest BCUT2D eigenvalue weighted by Crippen LogP contribution is 2.37. The van der Waals surface area contributed by atoms with Crippen molar-refractivity contribution in [1.82, 2.24) is 10.6 Å². The van der Waals surface area contributed by atoms with Crippen molar-refractivity contribution in [3.63, 3.8) is 0 Å². The van der Waals surface area contributed by atoms with Crippen molar-refractivity contribution in [2.45, 2.75) is 31.7 Å². The Morgan fingerprint density at radius 1 is 1.50 bits per heavy atom. The molecule has 1 saturated carbocycles. The average Bonchev–Trinajstić information content (AvgIpc) is 2.44. The molecule has 0 radical (unpaired) electrons. The van der Waals surface area contributed by atoms with Gasteiger partial charge >= 0.3 is 6.03 Å². The lowest BCUT2D eigenvalue weighted by Gasteiger charge is -2.24. The van der Waals surface area contributed by atoms with Gasteiger partial charge in [0.05, 0.1) is 0 Å². The molecular weight excluding hydrogens is 156 g/mol. The molecule has 2 rings (SSSR count). The van der Waals surface area contributed by atoms with Gasteiger partial charge in [0, 0.05) is 0 Å². The van der Waals surface area contributed by atoms with Gasteiger partial charge in [-0.1, -0.05) is 13.3 Å². The van der Waals surface area contributed by atoms with E-state index in [0.717, 1.165) is 19.3 Å². The Bertz CT molecular complexity index is 251. The molecule has 2 fully saturated rings. The van der Waals surface area contributed by atoms with Crippen LogP contribution in [0.3, 0.4) is 0 Å². The lowest BCUT2D eigenvalue weighted by molar-refractivity contribution is -0.124. The van der Waals surface area contributed by atoms with E-state index in [-0.39, 0.29) is 17.9 Å².